The molecule has 0 bridgehead atoms. The van der Waals surface area contributed by atoms with E-state index < -0.39 is 51.1 Å². The van der Waals surface area contributed by atoms with Gasteiger partial charge in [-0.3, -0.25) is 23.4 Å². The van der Waals surface area contributed by atoms with Crippen molar-refractivity contribution in [2.75, 3.05) is 19.8 Å². The number of allylic oxidation sites excluding steroid dienone is 2. The van der Waals surface area contributed by atoms with Crippen molar-refractivity contribution in [2.45, 2.75) is 154 Å². The Morgan fingerprint density at radius 2 is 1.14 bits per heavy atom. The number of hydrogen-bond acceptors (Lipinski definition) is 9. The van der Waals surface area contributed by atoms with Crippen molar-refractivity contribution in [1.82, 2.24) is 0 Å². The Morgan fingerprint density at radius 1 is 0.682 bits per heavy atom. The summed E-state index contributed by atoms with van der Waals surface area (Å²) in [6.07, 6.45) is 23.2. The summed E-state index contributed by atoms with van der Waals surface area (Å²) in [6.45, 7) is 2.69. The maximum absolute atomic E-state index is 12.5. The molecule has 0 spiro atoms. The molecule has 0 fully saturated rings. The monoisotopic (exact) mass is 649 g/mol. The molecular weight excluding hydrogens is 589 g/mol. The van der Waals surface area contributed by atoms with Gasteiger partial charge >= 0.3 is 25.7 Å². The second-order valence-electron chi connectivity index (χ2n) is 11.3. The quantitative estimate of drug-likeness (QED) is 0.0296. The van der Waals surface area contributed by atoms with Crippen LogP contribution in [0.4, 0.5) is 0 Å². The molecule has 3 atom stereocenters. The number of phosphoric acid groups is 1. The fourth-order valence-corrected chi connectivity index (χ4v) is 5.07. The number of ether oxygens (including phenoxy) is 2. The van der Waals surface area contributed by atoms with Crippen LogP contribution >= 0.6 is 7.82 Å². The Hall–Kier alpha value is -1.78. The molecule has 0 aliphatic carbocycles. The van der Waals surface area contributed by atoms with E-state index in [9.17, 15) is 23.8 Å². The van der Waals surface area contributed by atoms with Crippen LogP contribution in [0.25, 0.3) is 0 Å². The number of hydrogen-bond donors (Lipinski definition) is 3. The summed E-state index contributed by atoms with van der Waals surface area (Å²) < 4.78 is 32.3. The molecule has 0 amide bonds. The molecule has 258 valence electrons. The van der Waals surface area contributed by atoms with Crippen LogP contribution in [0.15, 0.2) is 12.2 Å². The zero-order chi connectivity index (χ0) is 32.9. The third-order valence-electron chi connectivity index (χ3n) is 7.01. The highest BCUT2D eigenvalue weighted by Crippen LogP contribution is 2.43. The highest BCUT2D eigenvalue weighted by Gasteiger charge is 2.28. The van der Waals surface area contributed by atoms with Gasteiger partial charge in [-0.25, -0.2) is 4.57 Å². The molecule has 1 unspecified atom stereocenters. The summed E-state index contributed by atoms with van der Waals surface area (Å²) in [5, 5.41) is 8.81. The molecule has 0 aliphatic rings. The number of carboxylic acids is 1. The second-order valence-corrected chi connectivity index (χ2v) is 12.8. The molecule has 0 saturated heterocycles. The lowest BCUT2D eigenvalue weighted by molar-refractivity contribution is -0.161. The maximum atomic E-state index is 12.5. The fourth-order valence-electron chi connectivity index (χ4n) is 4.29. The number of unbranched alkanes of at least 4 members (excludes halogenated alkanes) is 15. The van der Waals surface area contributed by atoms with E-state index in [4.69, 9.17) is 24.8 Å². The zero-order valence-corrected chi connectivity index (χ0v) is 28.2. The predicted molar refractivity (Wildman–Crippen MR) is 171 cm³/mol. The summed E-state index contributed by atoms with van der Waals surface area (Å²) in [7, 11) is -4.70. The molecule has 0 aromatic carbocycles. The van der Waals surface area contributed by atoms with Gasteiger partial charge in [0.2, 0.25) is 0 Å². The Bertz CT molecular complexity index is 823. The van der Waals surface area contributed by atoms with Crippen molar-refractivity contribution < 1.29 is 47.5 Å². The van der Waals surface area contributed by atoms with Crippen molar-refractivity contribution in [3.63, 3.8) is 0 Å². The van der Waals surface area contributed by atoms with Crippen molar-refractivity contribution in [3.8, 4) is 0 Å². The minimum Gasteiger partial charge on any atom is -0.480 e. The molecule has 11 nitrogen and oxygen atoms in total. The Kier molecular flexibility index (Phi) is 27.5. The standard InChI is InChI=1S/C32H60NO10P/c1-3-5-7-9-11-12-13-14-15-16-18-20-22-24-31(35)43-28(26-41-44(38,39)42-27-29(33)32(36)37)25-40-30(34)23-21-19-17-10-8-6-4-2/h14-15,28-29H,3-13,16-27,33H2,1-2H3,(H,36,37)(H,38,39)/b15-14+/t28-,29-/m0/s1. The first kappa shape index (κ1) is 42.2. The van der Waals surface area contributed by atoms with Crippen LogP contribution in [-0.4, -0.2) is 59.9 Å². The van der Waals surface area contributed by atoms with E-state index in [1.165, 1.54) is 57.8 Å². The summed E-state index contributed by atoms with van der Waals surface area (Å²) in [4.78, 5) is 45.4. The molecule has 0 aliphatic heterocycles. The topological polar surface area (TPSA) is 172 Å². The number of esters is 2. The smallest absolute Gasteiger partial charge is 0.472 e. The molecule has 0 heterocycles. The van der Waals surface area contributed by atoms with Crippen molar-refractivity contribution in [3.05, 3.63) is 12.2 Å². The molecule has 0 radical (unpaired) electrons. The Labute approximate surface area is 265 Å². The van der Waals surface area contributed by atoms with Gasteiger partial charge in [-0.05, 0) is 38.5 Å². The Balaban J connectivity index is 4.52. The van der Waals surface area contributed by atoms with Crippen LogP contribution in [0.1, 0.15) is 142 Å². The highest BCUT2D eigenvalue weighted by molar-refractivity contribution is 7.47. The molecule has 4 N–H and O–H groups in total. The molecule has 0 aromatic rings. The normalized spacial score (nSPS) is 14.3. The number of nitrogens with two attached hydrogens (primary N) is 1. The Morgan fingerprint density at radius 3 is 1.68 bits per heavy atom. The summed E-state index contributed by atoms with van der Waals surface area (Å²) in [5.41, 5.74) is 5.29. The van der Waals surface area contributed by atoms with Gasteiger partial charge < -0.3 is 25.2 Å². The van der Waals surface area contributed by atoms with Crippen LogP contribution in [0, 0.1) is 0 Å². The molecule has 44 heavy (non-hydrogen) atoms. The van der Waals surface area contributed by atoms with Crippen LogP contribution < -0.4 is 5.73 Å². The van der Waals surface area contributed by atoms with E-state index in [0.29, 0.717) is 12.8 Å². The third-order valence-corrected chi connectivity index (χ3v) is 7.96. The SMILES string of the molecule is CCCCCCCC/C=C/CCCCCC(=O)O[C@@H](COC(=O)CCCCCCCCC)COP(=O)(O)OC[C@H](N)C(=O)O. The van der Waals surface area contributed by atoms with E-state index in [-0.39, 0.29) is 19.4 Å². The zero-order valence-electron chi connectivity index (χ0n) is 27.3. The van der Waals surface area contributed by atoms with Gasteiger partial charge in [-0.2, -0.15) is 0 Å². The van der Waals surface area contributed by atoms with E-state index in [2.05, 4.69) is 30.5 Å². The molecule has 0 aromatic heterocycles. The van der Waals surface area contributed by atoms with Gasteiger partial charge in [0.1, 0.15) is 12.6 Å². The average molecular weight is 650 g/mol. The first-order chi connectivity index (χ1) is 21.1. The van der Waals surface area contributed by atoms with E-state index in [0.717, 1.165) is 44.9 Å². The minimum absolute atomic E-state index is 0.144. The number of carboxylic acid groups (broad SMARTS) is 1. The van der Waals surface area contributed by atoms with Crippen molar-refractivity contribution in [2.24, 2.45) is 5.73 Å². The van der Waals surface area contributed by atoms with E-state index in [1.807, 2.05) is 0 Å². The maximum Gasteiger partial charge on any atom is 0.472 e. The molecule has 0 rings (SSSR count). The fraction of sp³-hybridized carbons (Fsp3) is 0.844. The van der Waals surface area contributed by atoms with Crippen molar-refractivity contribution in [1.29, 1.82) is 0 Å². The van der Waals surface area contributed by atoms with Gasteiger partial charge in [-0.1, -0.05) is 103 Å². The highest BCUT2D eigenvalue weighted by atomic mass is 31.2. The lowest BCUT2D eigenvalue weighted by atomic mass is 10.1. The van der Waals surface area contributed by atoms with Crippen LogP contribution in [0.3, 0.4) is 0 Å². The average Bonchev–Trinajstić information content (AvgIpc) is 2.99. The third kappa shape index (κ3) is 27.7. The predicted octanol–water partition coefficient (Wildman–Crippen LogP) is 7.38. The summed E-state index contributed by atoms with van der Waals surface area (Å²) >= 11 is 0. The van der Waals surface area contributed by atoms with Crippen molar-refractivity contribution >= 4 is 25.7 Å². The lowest BCUT2D eigenvalue weighted by Crippen LogP contribution is -2.34. The van der Waals surface area contributed by atoms with Gasteiger partial charge in [0, 0.05) is 12.8 Å². The van der Waals surface area contributed by atoms with Crippen LogP contribution in [-0.2, 0) is 37.5 Å². The minimum atomic E-state index is -4.70. The van der Waals surface area contributed by atoms with Crippen LogP contribution in [0.2, 0.25) is 0 Å². The van der Waals surface area contributed by atoms with Gasteiger partial charge in [0.15, 0.2) is 6.10 Å². The second kappa shape index (κ2) is 28.7. The van der Waals surface area contributed by atoms with E-state index in [1.54, 1.807) is 0 Å². The number of rotatable bonds is 31. The number of carbonyl (C=O) groups is 3. The largest absolute Gasteiger partial charge is 0.480 e. The first-order valence-corrected chi connectivity index (χ1v) is 18.2. The molecule has 0 saturated carbocycles. The van der Waals surface area contributed by atoms with Gasteiger partial charge in [0.05, 0.1) is 13.2 Å². The lowest BCUT2D eigenvalue weighted by Gasteiger charge is -2.20. The number of carbonyl (C=O) groups excluding carboxylic acids is 2. The van der Waals surface area contributed by atoms with Crippen LogP contribution in [0.5, 0.6) is 0 Å². The molecule has 12 heteroatoms. The summed E-state index contributed by atoms with van der Waals surface area (Å²) in [6, 6.07) is -1.52. The summed E-state index contributed by atoms with van der Waals surface area (Å²) in [5.74, 6) is -2.41. The number of phosphoric ester groups is 1. The van der Waals surface area contributed by atoms with E-state index >= 15 is 0 Å². The number of aliphatic carboxylic acids is 1. The van der Waals surface area contributed by atoms with Gasteiger partial charge in [-0.15, -0.1) is 0 Å². The first-order valence-electron chi connectivity index (χ1n) is 16.7. The molecular formula is C32H60NO10P. The van der Waals surface area contributed by atoms with Gasteiger partial charge in [0.25, 0.3) is 0 Å².